The van der Waals surface area contributed by atoms with Gasteiger partial charge in [0.1, 0.15) is 5.69 Å². The number of anilines is 1. The zero-order valence-corrected chi connectivity index (χ0v) is 9.54. The van der Waals surface area contributed by atoms with Crippen LogP contribution in [0.5, 0.6) is 0 Å². The van der Waals surface area contributed by atoms with Crippen LogP contribution in [-0.2, 0) is 0 Å². The molecule has 0 bridgehead atoms. The van der Waals surface area contributed by atoms with Gasteiger partial charge in [-0.15, -0.1) is 0 Å². The van der Waals surface area contributed by atoms with Crippen molar-refractivity contribution in [3.05, 3.63) is 29.3 Å². The molecule has 17 heavy (non-hydrogen) atoms. The summed E-state index contributed by atoms with van der Waals surface area (Å²) in [7, 11) is 1.51. The number of nitriles is 2. The Balaban J connectivity index is 3.16. The van der Waals surface area contributed by atoms with Crippen LogP contribution < -0.4 is 4.90 Å². The summed E-state index contributed by atoms with van der Waals surface area (Å²) >= 11 is 0. The van der Waals surface area contributed by atoms with E-state index in [0.29, 0.717) is 0 Å². The lowest BCUT2D eigenvalue weighted by Gasteiger charge is -2.26. The summed E-state index contributed by atoms with van der Waals surface area (Å²) in [6, 6.07) is 5.27. The number of rotatable bonds is 3. The summed E-state index contributed by atoms with van der Waals surface area (Å²) in [5.41, 5.74) is -0.281. The summed E-state index contributed by atoms with van der Waals surface area (Å²) in [5.74, 6) is -1.59. The maximum Gasteiger partial charge on any atom is 0.150 e. The highest BCUT2D eigenvalue weighted by molar-refractivity contribution is 5.52. The molecule has 1 aromatic rings. The summed E-state index contributed by atoms with van der Waals surface area (Å²) in [6.07, 6.45) is 0.162. The van der Waals surface area contributed by atoms with Gasteiger partial charge in [0, 0.05) is 13.1 Å². The fraction of sp³-hybridized carbons (Fsp3) is 0.333. The second-order valence-corrected chi connectivity index (χ2v) is 3.72. The third-order valence-electron chi connectivity index (χ3n) is 2.55. The third-order valence-corrected chi connectivity index (χ3v) is 2.55. The minimum Gasteiger partial charge on any atom is -0.366 e. The van der Waals surface area contributed by atoms with Gasteiger partial charge in [-0.25, -0.2) is 8.78 Å². The largest absolute Gasteiger partial charge is 0.366 e. The number of hydrogen-bond acceptors (Lipinski definition) is 3. The fourth-order valence-corrected chi connectivity index (χ4v) is 1.46. The van der Waals surface area contributed by atoms with E-state index in [4.69, 9.17) is 10.5 Å². The van der Waals surface area contributed by atoms with Crippen molar-refractivity contribution in [1.82, 2.24) is 0 Å². The molecule has 3 nitrogen and oxygen atoms in total. The van der Waals surface area contributed by atoms with Crippen molar-refractivity contribution in [3.63, 3.8) is 0 Å². The van der Waals surface area contributed by atoms with Crippen LogP contribution in [0.2, 0.25) is 0 Å². The Kier molecular flexibility index (Phi) is 4.01. The molecule has 0 aliphatic carbocycles. The highest BCUT2D eigenvalue weighted by atomic mass is 19.1. The zero-order chi connectivity index (χ0) is 13.0. The van der Waals surface area contributed by atoms with Gasteiger partial charge in [0.15, 0.2) is 11.6 Å². The van der Waals surface area contributed by atoms with Crippen LogP contribution in [0.15, 0.2) is 12.1 Å². The molecule has 0 spiro atoms. The molecule has 1 unspecified atom stereocenters. The van der Waals surface area contributed by atoms with Crippen molar-refractivity contribution < 1.29 is 8.78 Å². The summed E-state index contributed by atoms with van der Waals surface area (Å²) in [4.78, 5) is 1.36. The first kappa shape index (κ1) is 12.9. The van der Waals surface area contributed by atoms with Gasteiger partial charge in [0.05, 0.1) is 24.1 Å². The lowest BCUT2D eigenvalue weighted by Crippen LogP contribution is -2.30. The smallest absolute Gasteiger partial charge is 0.150 e. The summed E-state index contributed by atoms with van der Waals surface area (Å²) in [5, 5.41) is 17.1. The molecule has 1 rings (SSSR count). The highest BCUT2D eigenvalue weighted by Gasteiger charge is 2.19. The number of halogens is 2. The van der Waals surface area contributed by atoms with E-state index in [9.17, 15) is 8.78 Å². The summed E-state index contributed by atoms with van der Waals surface area (Å²) < 4.78 is 27.3. The molecule has 5 heteroatoms. The molecule has 0 heterocycles. The first-order chi connectivity index (χ1) is 8.01. The predicted octanol–water partition coefficient (Wildman–Crippen LogP) is 2.57. The van der Waals surface area contributed by atoms with Crippen molar-refractivity contribution in [2.75, 3.05) is 11.9 Å². The molecule has 0 amide bonds. The molecule has 0 aliphatic rings. The second-order valence-electron chi connectivity index (χ2n) is 3.72. The van der Waals surface area contributed by atoms with Crippen LogP contribution in [-0.4, -0.2) is 13.1 Å². The van der Waals surface area contributed by atoms with E-state index >= 15 is 0 Å². The van der Waals surface area contributed by atoms with Gasteiger partial charge in [-0.2, -0.15) is 10.5 Å². The van der Waals surface area contributed by atoms with Crippen molar-refractivity contribution in [3.8, 4) is 12.1 Å². The molecule has 0 radical (unpaired) electrons. The van der Waals surface area contributed by atoms with E-state index in [1.54, 1.807) is 13.0 Å². The van der Waals surface area contributed by atoms with Crippen LogP contribution in [0.25, 0.3) is 0 Å². The molecular weight excluding hydrogens is 224 g/mol. The van der Waals surface area contributed by atoms with E-state index in [1.807, 2.05) is 6.07 Å². The summed E-state index contributed by atoms with van der Waals surface area (Å²) in [6.45, 7) is 1.69. The quantitative estimate of drug-likeness (QED) is 0.809. The molecule has 0 saturated carbocycles. The van der Waals surface area contributed by atoms with E-state index in [1.165, 1.54) is 11.9 Å². The average Bonchev–Trinajstić information content (AvgIpc) is 2.28. The van der Waals surface area contributed by atoms with Gasteiger partial charge in [-0.3, -0.25) is 0 Å². The normalized spacial score (nSPS) is 11.4. The lowest BCUT2D eigenvalue weighted by atomic mass is 10.1. The molecule has 0 N–H and O–H groups in total. The maximum atomic E-state index is 13.6. The third kappa shape index (κ3) is 2.70. The average molecular weight is 235 g/mol. The lowest BCUT2D eigenvalue weighted by molar-refractivity contribution is 0.562. The van der Waals surface area contributed by atoms with Crippen LogP contribution in [0, 0.1) is 34.3 Å². The number of nitrogens with zero attached hydrogens (tertiary/aromatic N) is 3. The van der Waals surface area contributed by atoms with Crippen molar-refractivity contribution >= 4 is 5.69 Å². The van der Waals surface area contributed by atoms with Gasteiger partial charge >= 0.3 is 0 Å². The van der Waals surface area contributed by atoms with Crippen LogP contribution >= 0.6 is 0 Å². The molecule has 1 atom stereocenters. The molecular formula is C12H11F2N3. The Morgan fingerprint density at radius 2 is 1.82 bits per heavy atom. The first-order valence-electron chi connectivity index (χ1n) is 5.00. The first-order valence-corrected chi connectivity index (χ1v) is 5.00. The Labute approximate surface area is 98.5 Å². The second kappa shape index (κ2) is 5.27. The van der Waals surface area contributed by atoms with E-state index in [0.717, 1.165) is 12.1 Å². The standard InChI is InChI=1S/C12H11F2N3/c1-8(3-4-15)17(2)12-10(13)5-9(7-16)6-11(12)14/h5-6,8H,3H2,1-2H3. The molecule has 1 aromatic carbocycles. The van der Waals surface area contributed by atoms with Crippen LogP contribution in [0.4, 0.5) is 14.5 Å². The Morgan fingerprint density at radius 3 is 2.24 bits per heavy atom. The Hall–Kier alpha value is -2.14. The van der Waals surface area contributed by atoms with Gasteiger partial charge in [-0.1, -0.05) is 0 Å². The molecule has 0 aliphatic heterocycles. The predicted molar refractivity (Wildman–Crippen MR) is 59.2 cm³/mol. The van der Waals surface area contributed by atoms with Gasteiger partial charge in [0.2, 0.25) is 0 Å². The van der Waals surface area contributed by atoms with Crippen molar-refractivity contribution in [2.45, 2.75) is 19.4 Å². The van der Waals surface area contributed by atoms with E-state index in [2.05, 4.69) is 0 Å². The molecule has 88 valence electrons. The van der Waals surface area contributed by atoms with Crippen molar-refractivity contribution in [1.29, 1.82) is 10.5 Å². The zero-order valence-electron chi connectivity index (χ0n) is 9.54. The van der Waals surface area contributed by atoms with Gasteiger partial charge < -0.3 is 4.90 Å². The number of hydrogen-bond donors (Lipinski definition) is 0. The van der Waals surface area contributed by atoms with Crippen LogP contribution in [0.1, 0.15) is 18.9 Å². The highest BCUT2D eigenvalue weighted by Crippen LogP contribution is 2.25. The topological polar surface area (TPSA) is 50.8 Å². The Bertz CT molecular complexity index is 476. The molecule has 0 saturated heterocycles. The minimum atomic E-state index is -0.797. The van der Waals surface area contributed by atoms with E-state index < -0.39 is 11.6 Å². The van der Waals surface area contributed by atoms with Crippen LogP contribution in [0.3, 0.4) is 0 Å². The van der Waals surface area contributed by atoms with E-state index in [-0.39, 0.29) is 23.7 Å². The fourth-order valence-electron chi connectivity index (χ4n) is 1.46. The SMILES string of the molecule is CC(CC#N)N(C)c1c(F)cc(C#N)cc1F. The molecule has 0 fully saturated rings. The maximum absolute atomic E-state index is 13.6. The minimum absolute atomic E-state index is 0.0647. The van der Waals surface area contributed by atoms with Crippen molar-refractivity contribution in [2.24, 2.45) is 0 Å². The number of benzene rings is 1. The van der Waals surface area contributed by atoms with Gasteiger partial charge in [0.25, 0.3) is 0 Å². The monoisotopic (exact) mass is 235 g/mol. The Morgan fingerprint density at radius 1 is 1.29 bits per heavy atom. The molecule has 0 aromatic heterocycles. The van der Waals surface area contributed by atoms with Gasteiger partial charge in [-0.05, 0) is 19.1 Å².